The predicted octanol–water partition coefficient (Wildman–Crippen LogP) is 2.11. The van der Waals surface area contributed by atoms with E-state index in [-0.39, 0.29) is 18.4 Å². The molecule has 2 aromatic carbocycles. The van der Waals surface area contributed by atoms with Gasteiger partial charge in [0.15, 0.2) is 11.5 Å². The average molecular weight is 424 g/mol. The second kappa shape index (κ2) is 10.2. The minimum absolute atomic E-state index is 0.0364. The number of rotatable bonds is 8. The van der Waals surface area contributed by atoms with Crippen LogP contribution in [0.2, 0.25) is 0 Å². The fraction of sp³-hybridized carbons (Fsp3) is 0.273. The summed E-state index contributed by atoms with van der Waals surface area (Å²) in [4.78, 5) is 43.5. The topological polar surface area (TPSA) is 122 Å². The number of nitrogens with zero attached hydrogens (tertiary/aromatic N) is 1. The van der Waals surface area contributed by atoms with Crippen LogP contribution in [0.3, 0.4) is 0 Å². The number of nitrogens with one attached hydrogen (secondary N) is 3. The van der Waals surface area contributed by atoms with Gasteiger partial charge in [-0.25, -0.2) is 4.98 Å². The maximum atomic E-state index is 12.3. The normalized spacial score (nSPS) is 10.5. The van der Waals surface area contributed by atoms with Gasteiger partial charge in [0.05, 0.1) is 24.6 Å². The Morgan fingerprint density at radius 1 is 1.10 bits per heavy atom. The Morgan fingerprint density at radius 3 is 2.68 bits per heavy atom. The molecule has 9 nitrogen and oxygen atoms in total. The van der Waals surface area contributed by atoms with Crippen LogP contribution in [0.1, 0.15) is 35.9 Å². The molecule has 0 aliphatic rings. The number of H-pyrrole nitrogens is 1. The molecule has 0 aliphatic heterocycles. The summed E-state index contributed by atoms with van der Waals surface area (Å²) in [5, 5.41) is 0.490. The molecule has 31 heavy (non-hydrogen) atoms. The maximum Gasteiger partial charge on any atom is 0.269 e. The first-order valence-electron chi connectivity index (χ1n) is 9.89. The molecule has 0 atom stereocenters. The number of hydrogen-bond acceptors (Lipinski definition) is 6. The lowest BCUT2D eigenvalue weighted by atomic mass is 10.2. The van der Waals surface area contributed by atoms with Crippen LogP contribution in [-0.2, 0) is 11.2 Å². The number of aromatic nitrogens is 2. The van der Waals surface area contributed by atoms with Crippen molar-refractivity contribution in [2.45, 2.75) is 26.2 Å². The van der Waals surface area contributed by atoms with E-state index in [1.807, 2.05) is 6.92 Å². The van der Waals surface area contributed by atoms with Gasteiger partial charge in [0.25, 0.3) is 11.5 Å². The van der Waals surface area contributed by atoms with Crippen LogP contribution in [0.15, 0.2) is 47.3 Å². The predicted molar refractivity (Wildman–Crippen MR) is 115 cm³/mol. The van der Waals surface area contributed by atoms with Crippen molar-refractivity contribution in [3.05, 3.63) is 64.2 Å². The monoisotopic (exact) mass is 424 g/mol. The minimum atomic E-state index is -0.495. The molecule has 3 N–H and O–H groups in total. The number of benzene rings is 2. The number of carbonyl (C=O) groups excluding carboxylic acids is 2. The molecule has 9 heteroatoms. The highest BCUT2D eigenvalue weighted by molar-refractivity contribution is 5.96. The van der Waals surface area contributed by atoms with E-state index in [4.69, 9.17) is 9.47 Å². The fourth-order valence-corrected chi connectivity index (χ4v) is 2.89. The minimum Gasteiger partial charge on any atom is -0.493 e. The Hall–Kier alpha value is -3.88. The van der Waals surface area contributed by atoms with Crippen LogP contribution in [-0.4, -0.2) is 35.5 Å². The molecule has 3 aromatic rings. The summed E-state index contributed by atoms with van der Waals surface area (Å²) >= 11 is 0. The molecular formula is C22H24N4O5. The number of hydrazine groups is 1. The molecule has 0 unspecified atom stereocenters. The zero-order valence-electron chi connectivity index (χ0n) is 17.4. The first-order valence-corrected chi connectivity index (χ1v) is 9.89. The van der Waals surface area contributed by atoms with Gasteiger partial charge in [-0.2, -0.15) is 0 Å². The summed E-state index contributed by atoms with van der Waals surface area (Å²) in [5.74, 6) is 0.461. The number of fused-ring (bicyclic) bond motifs is 1. The van der Waals surface area contributed by atoms with Gasteiger partial charge in [-0.15, -0.1) is 0 Å². The average Bonchev–Trinajstić information content (AvgIpc) is 2.79. The molecule has 0 saturated heterocycles. The first kappa shape index (κ1) is 21.8. The third-order valence-corrected chi connectivity index (χ3v) is 4.45. The van der Waals surface area contributed by atoms with E-state index < -0.39 is 11.8 Å². The molecule has 0 saturated carbocycles. The van der Waals surface area contributed by atoms with Crippen molar-refractivity contribution in [3.8, 4) is 11.5 Å². The van der Waals surface area contributed by atoms with Crippen molar-refractivity contribution in [2.24, 2.45) is 0 Å². The van der Waals surface area contributed by atoms with Crippen LogP contribution >= 0.6 is 0 Å². The number of amides is 2. The fourth-order valence-electron chi connectivity index (χ4n) is 2.89. The molecule has 2 amide bonds. The standard InChI is InChI=1S/C22H24N4O5/c1-3-12-31-17-9-8-14(13-18(17)30-2)21(28)26-25-20(27)11-10-19-23-16-7-5-4-6-15(16)22(29)24-19/h4-9,13H,3,10-12H2,1-2H3,(H,25,27)(H,26,28)(H,23,24,29). The van der Waals surface area contributed by atoms with Crippen molar-refractivity contribution >= 4 is 22.7 Å². The maximum absolute atomic E-state index is 12.3. The van der Waals surface area contributed by atoms with E-state index in [0.29, 0.717) is 40.4 Å². The summed E-state index contributed by atoms with van der Waals surface area (Å²) in [6, 6.07) is 11.7. The Kier molecular flexibility index (Phi) is 7.21. The van der Waals surface area contributed by atoms with Gasteiger partial charge < -0.3 is 14.5 Å². The SMILES string of the molecule is CCCOc1ccc(C(=O)NNC(=O)CCc2nc3ccccc3c(=O)[nH]2)cc1OC. The molecule has 162 valence electrons. The number of aryl methyl sites for hydroxylation is 1. The summed E-state index contributed by atoms with van der Waals surface area (Å²) in [5.41, 5.74) is 5.34. The third-order valence-electron chi connectivity index (χ3n) is 4.45. The van der Waals surface area contributed by atoms with Crippen molar-refractivity contribution in [1.29, 1.82) is 0 Å². The lowest BCUT2D eigenvalue weighted by Gasteiger charge is -2.12. The second-order valence-corrected chi connectivity index (χ2v) is 6.75. The van der Waals surface area contributed by atoms with Crippen LogP contribution in [0, 0.1) is 0 Å². The summed E-state index contributed by atoms with van der Waals surface area (Å²) in [6.45, 7) is 2.53. The van der Waals surface area contributed by atoms with Gasteiger partial charge in [0, 0.05) is 18.4 Å². The molecule has 0 aliphatic carbocycles. The number of para-hydroxylation sites is 1. The van der Waals surface area contributed by atoms with E-state index in [9.17, 15) is 14.4 Å². The molecule has 3 rings (SSSR count). The third kappa shape index (κ3) is 5.59. The Balaban J connectivity index is 1.55. The summed E-state index contributed by atoms with van der Waals surface area (Å²) < 4.78 is 10.8. The zero-order valence-corrected chi connectivity index (χ0v) is 17.4. The van der Waals surface area contributed by atoms with Gasteiger partial charge in [-0.05, 0) is 36.8 Å². The van der Waals surface area contributed by atoms with Crippen molar-refractivity contribution in [2.75, 3.05) is 13.7 Å². The lowest BCUT2D eigenvalue weighted by Crippen LogP contribution is -2.41. The molecule has 0 radical (unpaired) electrons. The van der Waals surface area contributed by atoms with Crippen LogP contribution < -0.4 is 25.9 Å². The molecule has 0 bridgehead atoms. The van der Waals surface area contributed by atoms with Crippen LogP contribution in [0.4, 0.5) is 0 Å². The number of hydrogen-bond donors (Lipinski definition) is 3. The molecular weight excluding hydrogens is 400 g/mol. The van der Waals surface area contributed by atoms with Crippen molar-refractivity contribution in [3.63, 3.8) is 0 Å². The van der Waals surface area contributed by atoms with Crippen LogP contribution in [0.25, 0.3) is 10.9 Å². The molecule has 0 spiro atoms. The number of methoxy groups -OCH3 is 1. The number of aromatic amines is 1. The van der Waals surface area contributed by atoms with Crippen molar-refractivity contribution in [1.82, 2.24) is 20.8 Å². The first-order chi connectivity index (χ1) is 15.0. The van der Waals surface area contributed by atoms with E-state index in [1.165, 1.54) is 13.2 Å². The highest BCUT2D eigenvalue weighted by Gasteiger charge is 2.13. The van der Waals surface area contributed by atoms with Gasteiger partial charge in [-0.3, -0.25) is 25.2 Å². The zero-order chi connectivity index (χ0) is 22.2. The van der Waals surface area contributed by atoms with Gasteiger partial charge in [0.2, 0.25) is 5.91 Å². The summed E-state index contributed by atoms with van der Waals surface area (Å²) in [6.07, 6.45) is 1.10. The van der Waals surface area contributed by atoms with Crippen molar-refractivity contribution < 1.29 is 19.1 Å². The van der Waals surface area contributed by atoms with Gasteiger partial charge in [-0.1, -0.05) is 19.1 Å². The molecule has 1 heterocycles. The highest BCUT2D eigenvalue weighted by atomic mass is 16.5. The van der Waals surface area contributed by atoms with Gasteiger partial charge >= 0.3 is 0 Å². The van der Waals surface area contributed by atoms with E-state index >= 15 is 0 Å². The van der Waals surface area contributed by atoms with Crippen LogP contribution in [0.5, 0.6) is 11.5 Å². The smallest absolute Gasteiger partial charge is 0.269 e. The Morgan fingerprint density at radius 2 is 1.90 bits per heavy atom. The summed E-state index contributed by atoms with van der Waals surface area (Å²) in [7, 11) is 1.49. The van der Waals surface area contributed by atoms with E-state index in [1.54, 1.807) is 36.4 Å². The highest BCUT2D eigenvalue weighted by Crippen LogP contribution is 2.28. The molecule has 0 fully saturated rings. The lowest BCUT2D eigenvalue weighted by molar-refractivity contribution is -0.121. The quantitative estimate of drug-likeness (QED) is 0.476. The Labute approximate surface area is 178 Å². The molecule has 1 aromatic heterocycles. The van der Waals surface area contributed by atoms with E-state index in [0.717, 1.165) is 6.42 Å². The van der Waals surface area contributed by atoms with E-state index in [2.05, 4.69) is 20.8 Å². The second-order valence-electron chi connectivity index (χ2n) is 6.75. The number of ether oxygens (including phenoxy) is 2. The van der Waals surface area contributed by atoms with Gasteiger partial charge in [0.1, 0.15) is 5.82 Å². The Bertz CT molecular complexity index is 1140. The largest absolute Gasteiger partial charge is 0.493 e. The number of carbonyl (C=O) groups is 2.